The first-order valence-corrected chi connectivity index (χ1v) is 7.44. The van der Waals surface area contributed by atoms with E-state index in [1.807, 2.05) is 0 Å². The van der Waals surface area contributed by atoms with Crippen molar-refractivity contribution in [3.63, 3.8) is 0 Å². The second kappa shape index (κ2) is 6.46. The first-order chi connectivity index (χ1) is 11.4. The number of carbonyl (C=O) groups excluding carboxylic acids is 1. The lowest BCUT2D eigenvalue weighted by Gasteiger charge is -2.17. The van der Waals surface area contributed by atoms with Gasteiger partial charge in [-0.3, -0.25) is 5.32 Å². The van der Waals surface area contributed by atoms with Gasteiger partial charge < -0.3 is 4.90 Å². The number of amides is 2. The summed E-state index contributed by atoms with van der Waals surface area (Å²) in [7, 11) is 0. The average molecular weight is 336 g/mol. The zero-order chi connectivity index (χ0) is 17.2. The van der Waals surface area contributed by atoms with Crippen molar-refractivity contribution in [2.75, 3.05) is 18.4 Å². The number of likely N-dealkylation sites (tertiary alicyclic amines) is 1. The van der Waals surface area contributed by atoms with Gasteiger partial charge in [-0.2, -0.15) is 18.3 Å². The molecule has 1 aliphatic heterocycles. The van der Waals surface area contributed by atoms with E-state index in [0.717, 1.165) is 12.1 Å². The van der Waals surface area contributed by atoms with Crippen LogP contribution in [-0.2, 0) is 6.18 Å². The van der Waals surface area contributed by atoms with E-state index in [2.05, 4.69) is 15.5 Å². The van der Waals surface area contributed by atoms with Gasteiger partial charge in [0.15, 0.2) is 5.82 Å². The largest absolute Gasteiger partial charge is 0.416 e. The maximum absolute atomic E-state index is 12.8. The maximum Gasteiger partial charge on any atom is 0.416 e. The number of nitrogens with one attached hydrogen (secondary N) is 1. The Kier molecular flexibility index (Phi) is 4.37. The topological polar surface area (TPSA) is 58.1 Å². The monoisotopic (exact) mass is 336 g/mol. The molecule has 24 heavy (non-hydrogen) atoms. The molecular weight excluding hydrogens is 321 g/mol. The van der Waals surface area contributed by atoms with Crippen molar-refractivity contribution in [3.05, 3.63) is 53.7 Å². The molecule has 0 radical (unpaired) electrons. The Morgan fingerprint density at radius 3 is 2.79 bits per heavy atom. The molecule has 5 nitrogen and oxygen atoms in total. The SMILES string of the molecule is O=C(Nc1cccnn1)N1CCC(c2cccc(C(F)(F)F)c2)C1. The quantitative estimate of drug-likeness (QED) is 0.913. The number of rotatable bonds is 2. The second-order valence-electron chi connectivity index (χ2n) is 5.59. The normalized spacial score (nSPS) is 17.8. The van der Waals surface area contributed by atoms with Gasteiger partial charge >= 0.3 is 12.2 Å². The van der Waals surface area contributed by atoms with E-state index in [1.54, 1.807) is 23.1 Å². The van der Waals surface area contributed by atoms with Crippen LogP contribution in [0.5, 0.6) is 0 Å². The van der Waals surface area contributed by atoms with E-state index >= 15 is 0 Å². The molecule has 1 aromatic heterocycles. The minimum absolute atomic E-state index is 0.111. The zero-order valence-electron chi connectivity index (χ0n) is 12.6. The first-order valence-electron chi connectivity index (χ1n) is 7.44. The Morgan fingerprint density at radius 1 is 1.25 bits per heavy atom. The van der Waals surface area contributed by atoms with Crippen molar-refractivity contribution >= 4 is 11.8 Å². The lowest BCUT2D eigenvalue weighted by molar-refractivity contribution is -0.137. The Bertz CT molecular complexity index is 721. The van der Waals surface area contributed by atoms with Gasteiger partial charge in [-0.05, 0) is 30.2 Å². The number of hydrogen-bond acceptors (Lipinski definition) is 3. The van der Waals surface area contributed by atoms with E-state index in [1.165, 1.54) is 12.3 Å². The van der Waals surface area contributed by atoms with Crippen LogP contribution in [0.3, 0.4) is 0 Å². The molecule has 0 spiro atoms. The van der Waals surface area contributed by atoms with Gasteiger partial charge in [0.2, 0.25) is 0 Å². The molecule has 2 amide bonds. The lowest BCUT2D eigenvalue weighted by Crippen LogP contribution is -2.33. The molecule has 0 bridgehead atoms. The fraction of sp³-hybridized carbons (Fsp3) is 0.312. The molecule has 1 atom stereocenters. The minimum Gasteiger partial charge on any atom is -0.324 e. The van der Waals surface area contributed by atoms with Crippen LogP contribution in [0.1, 0.15) is 23.5 Å². The van der Waals surface area contributed by atoms with Gasteiger partial charge in [0, 0.05) is 25.2 Å². The van der Waals surface area contributed by atoms with Gasteiger partial charge in [0.05, 0.1) is 5.56 Å². The van der Waals surface area contributed by atoms with E-state index in [4.69, 9.17) is 0 Å². The number of aromatic nitrogens is 2. The summed E-state index contributed by atoms with van der Waals surface area (Å²) in [5.74, 6) is 0.227. The van der Waals surface area contributed by atoms with Crippen molar-refractivity contribution in [2.45, 2.75) is 18.5 Å². The summed E-state index contributed by atoms with van der Waals surface area (Å²) in [4.78, 5) is 13.8. The van der Waals surface area contributed by atoms with Gasteiger partial charge in [0.25, 0.3) is 0 Å². The molecule has 1 aliphatic rings. The number of carbonyl (C=O) groups is 1. The molecule has 1 fully saturated rings. The number of urea groups is 1. The van der Waals surface area contributed by atoms with Crippen LogP contribution in [0, 0.1) is 0 Å². The highest BCUT2D eigenvalue weighted by Crippen LogP contribution is 2.33. The summed E-state index contributed by atoms with van der Waals surface area (Å²) in [5.41, 5.74) is -0.0675. The second-order valence-corrected chi connectivity index (χ2v) is 5.59. The molecule has 1 N–H and O–H groups in total. The maximum atomic E-state index is 12.8. The molecule has 0 aliphatic carbocycles. The molecule has 126 valence electrons. The van der Waals surface area contributed by atoms with Crippen LogP contribution in [0.4, 0.5) is 23.8 Å². The first kappa shape index (κ1) is 16.2. The van der Waals surface area contributed by atoms with Gasteiger partial charge in [0.1, 0.15) is 0 Å². The van der Waals surface area contributed by atoms with Crippen molar-refractivity contribution < 1.29 is 18.0 Å². The lowest BCUT2D eigenvalue weighted by atomic mass is 9.96. The number of nitrogens with zero attached hydrogens (tertiary/aromatic N) is 3. The number of alkyl halides is 3. The minimum atomic E-state index is -4.36. The highest BCUT2D eigenvalue weighted by molar-refractivity contribution is 5.88. The summed E-state index contributed by atoms with van der Waals surface area (Å²) in [5, 5.41) is 10.1. The predicted molar refractivity (Wildman–Crippen MR) is 81.4 cm³/mol. The van der Waals surface area contributed by atoms with Crippen molar-refractivity contribution in [2.24, 2.45) is 0 Å². The number of hydrogen-bond donors (Lipinski definition) is 1. The smallest absolute Gasteiger partial charge is 0.324 e. The third-order valence-corrected chi connectivity index (χ3v) is 3.97. The van der Waals surface area contributed by atoms with Crippen LogP contribution in [0.2, 0.25) is 0 Å². The fourth-order valence-corrected chi connectivity index (χ4v) is 2.74. The van der Waals surface area contributed by atoms with Crippen LogP contribution < -0.4 is 5.32 Å². The standard InChI is InChI=1S/C16H15F3N4O/c17-16(18,19)13-4-1-3-11(9-13)12-6-8-23(10-12)15(24)21-14-5-2-7-20-22-14/h1-5,7,9,12H,6,8,10H2,(H,21,22,24). The zero-order valence-corrected chi connectivity index (χ0v) is 12.6. The van der Waals surface area contributed by atoms with Gasteiger partial charge in [-0.1, -0.05) is 18.2 Å². The Hall–Kier alpha value is -2.64. The molecule has 3 rings (SSSR count). The van der Waals surface area contributed by atoms with Crippen LogP contribution >= 0.6 is 0 Å². The molecule has 2 aromatic rings. The number of anilines is 1. The summed E-state index contributed by atoms with van der Waals surface area (Å²) in [6, 6.07) is 8.23. The predicted octanol–water partition coefficient (Wildman–Crippen LogP) is 3.52. The van der Waals surface area contributed by atoms with Crippen molar-refractivity contribution in [1.82, 2.24) is 15.1 Å². The number of halogens is 3. The average Bonchev–Trinajstić information content (AvgIpc) is 3.05. The molecule has 2 heterocycles. The van der Waals surface area contributed by atoms with E-state index < -0.39 is 11.7 Å². The van der Waals surface area contributed by atoms with Crippen LogP contribution in [0.25, 0.3) is 0 Å². The van der Waals surface area contributed by atoms with Gasteiger partial charge in [-0.25, -0.2) is 4.79 Å². The molecule has 1 saturated heterocycles. The van der Waals surface area contributed by atoms with E-state index in [9.17, 15) is 18.0 Å². The third kappa shape index (κ3) is 3.64. The molecule has 0 saturated carbocycles. The summed E-state index contributed by atoms with van der Waals surface area (Å²) in [6.45, 7) is 0.848. The van der Waals surface area contributed by atoms with Crippen molar-refractivity contribution in [3.8, 4) is 0 Å². The van der Waals surface area contributed by atoms with Gasteiger partial charge in [-0.15, -0.1) is 5.10 Å². The molecule has 8 heteroatoms. The highest BCUT2D eigenvalue weighted by atomic mass is 19.4. The number of benzene rings is 1. The molecule has 1 aromatic carbocycles. The Labute approximate surface area is 136 Å². The summed E-state index contributed by atoms with van der Waals surface area (Å²) < 4.78 is 38.4. The Balaban J connectivity index is 1.66. The van der Waals surface area contributed by atoms with Crippen LogP contribution in [0.15, 0.2) is 42.6 Å². The van der Waals surface area contributed by atoms with E-state index in [-0.39, 0.29) is 11.9 Å². The summed E-state index contributed by atoms with van der Waals surface area (Å²) >= 11 is 0. The molecular formula is C16H15F3N4O. The fourth-order valence-electron chi connectivity index (χ4n) is 2.74. The summed E-state index contributed by atoms with van der Waals surface area (Å²) in [6.07, 6.45) is -2.25. The van der Waals surface area contributed by atoms with Crippen molar-refractivity contribution in [1.29, 1.82) is 0 Å². The highest BCUT2D eigenvalue weighted by Gasteiger charge is 2.32. The molecule has 1 unspecified atom stereocenters. The third-order valence-electron chi connectivity index (χ3n) is 3.97. The van der Waals surface area contributed by atoms with Crippen LogP contribution in [-0.4, -0.2) is 34.2 Å². The van der Waals surface area contributed by atoms with E-state index in [0.29, 0.717) is 30.9 Å². The Morgan fingerprint density at radius 2 is 2.08 bits per heavy atom.